The van der Waals surface area contributed by atoms with Gasteiger partial charge in [-0.3, -0.25) is 4.68 Å². The molecule has 0 radical (unpaired) electrons. The Morgan fingerprint density at radius 3 is 2.78 bits per heavy atom. The van der Waals surface area contributed by atoms with Gasteiger partial charge in [-0.05, 0) is 31.5 Å². The average molecular weight is 285 g/mol. The second-order valence-corrected chi connectivity index (χ2v) is 5.96. The molecule has 0 saturated carbocycles. The van der Waals surface area contributed by atoms with Crippen LogP contribution in [0, 0.1) is 0 Å². The molecular weight excluding hydrogens is 268 g/mol. The molecule has 18 heavy (non-hydrogen) atoms. The molecule has 5 heteroatoms. The van der Waals surface area contributed by atoms with Crippen molar-refractivity contribution in [3.8, 4) is 0 Å². The molecule has 2 aromatic rings. The molecule has 0 aliphatic rings. The summed E-state index contributed by atoms with van der Waals surface area (Å²) < 4.78 is 2.63. The summed E-state index contributed by atoms with van der Waals surface area (Å²) in [6.45, 7) is 4.87. The van der Waals surface area contributed by atoms with Gasteiger partial charge in [0.1, 0.15) is 6.10 Å². The van der Waals surface area contributed by atoms with E-state index in [2.05, 4.69) is 12.0 Å². The summed E-state index contributed by atoms with van der Waals surface area (Å²) in [5, 5.41) is 14.8. The van der Waals surface area contributed by atoms with Crippen LogP contribution in [0.4, 0.5) is 0 Å². The molecule has 0 fully saturated rings. The topological polar surface area (TPSA) is 38.0 Å². The number of nitrogens with zero attached hydrogens (tertiary/aromatic N) is 2. The van der Waals surface area contributed by atoms with Crippen LogP contribution in [-0.2, 0) is 19.4 Å². The van der Waals surface area contributed by atoms with Crippen molar-refractivity contribution < 1.29 is 5.11 Å². The van der Waals surface area contributed by atoms with Crippen LogP contribution >= 0.6 is 22.9 Å². The first-order valence-corrected chi connectivity index (χ1v) is 7.32. The number of aryl methyl sites for hydroxylation is 2. The smallest absolute Gasteiger partial charge is 0.100 e. The monoisotopic (exact) mass is 284 g/mol. The van der Waals surface area contributed by atoms with Crippen LogP contribution in [0.25, 0.3) is 0 Å². The van der Waals surface area contributed by atoms with Gasteiger partial charge in [0.15, 0.2) is 0 Å². The highest BCUT2D eigenvalue weighted by atomic mass is 35.5. The van der Waals surface area contributed by atoms with Crippen LogP contribution in [0.3, 0.4) is 0 Å². The number of halogens is 1. The van der Waals surface area contributed by atoms with Gasteiger partial charge < -0.3 is 5.11 Å². The molecule has 1 atom stereocenters. The fraction of sp³-hybridized carbons (Fsp3) is 0.462. The molecule has 0 aromatic carbocycles. The lowest BCUT2D eigenvalue weighted by molar-refractivity contribution is 0.168. The second kappa shape index (κ2) is 5.87. The van der Waals surface area contributed by atoms with Crippen LogP contribution in [-0.4, -0.2) is 14.9 Å². The normalized spacial score (nSPS) is 12.9. The Balaban J connectivity index is 2.17. The molecule has 2 aromatic heterocycles. The van der Waals surface area contributed by atoms with Crippen molar-refractivity contribution >= 4 is 22.9 Å². The van der Waals surface area contributed by atoms with Crippen LogP contribution in [0.1, 0.15) is 36.2 Å². The van der Waals surface area contributed by atoms with E-state index >= 15 is 0 Å². The van der Waals surface area contributed by atoms with E-state index in [0.29, 0.717) is 6.42 Å². The van der Waals surface area contributed by atoms with Gasteiger partial charge in [0.25, 0.3) is 0 Å². The van der Waals surface area contributed by atoms with Gasteiger partial charge in [-0.15, -0.1) is 11.3 Å². The molecule has 0 aliphatic heterocycles. The third-order valence-electron chi connectivity index (χ3n) is 2.89. The number of hydrogen-bond acceptors (Lipinski definition) is 3. The predicted molar refractivity (Wildman–Crippen MR) is 75.3 cm³/mol. The van der Waals surface area contributed by atoms with Crippen molar-refractivity contribution in [3.63, 3.8) is 0 Å². The Hall–Kier alpha value is -0.840. The Kier molecular flexibility index (Phi) is 4.43. The Morgan fingerprint density at radius 1 is 1.44 bits per heavy atom. The lowest BCUT2D eigenvalue weighted by atomic mass is 10.1. The number of aromatic nitrogens is 2. The maximum Gasteiger partial charge on any atom is 0.100 e. The van der Waals surface area contributed by atoms with Gasteiger partial charge in [0, 0.05) is 17.8 Å². The molecule has 0 aliphatic carbocycles. The number of hydrogen-bond donors (Lipinski definition) is 1. The highest BCUT2D eigenvalue weighted by molar-refractivity contribution is 7.16. The zero-order valence-electron chi connectivity index (χ0n) is 10.6. The lowest BCUT2D eigenvalue weighted by Gasteiger charge is -2.11. The van der Waals surface area contributed by atoms with Crippen molar-refractivity contribution in [2.24, 2.45) is 0 Å². The molecule has 0 amide bonds. The molecule has 1 unspecified atom stereocenters. The highest BCUT2D eigenvalue weighted by Crippen LogP contribution is 2.27. The zero-order valence-corrected chi connectivity index (χ0v) is 12.1. The van der Waals surface area contributed by atoms with Gasteiger partial charge in [-0.1, -0.05) is 18.5 Å². The predicted octanol–water partition coefficient (Wildman–Crippen LogP) is 3.46. The molecule has 2 heterocycles. The van der Waals surface area contributed by atoms with E-state index in [0.717, 1.165) is 33.6 Å². The Bertz CT molecular complexity index is 521. The fourth-order valence-corrected chi connectivity index (χ4v) is 3.06. The molecule has 3 nitrogen and oxygen atoms in total. The summed E-state index contributed by atoms with van der Waals surface area (Å²) in [5.41, 5.74) is 1.91. The number of aliphatic hydroxyl groups excluding tert-OH is 1. The lowest BCUT2D eigenvalue weighted by Crippen LogP contribution is -2.09. The van der Waals surface area contributed by atoms with E-state index in [1.165, 1.54) is 11.3 Å². The standard InChI is InChI=1S/C13H17ClN2OS/c1-3-9-7-11(16(4-2)15-9)12(17)8-10-5-6-13(14)18-10/h5-7,12,17H,3-4,8H2,1-2H3. The van der Waals surface area contributed by atoms with Crippen molar-refractivity contribution in [1.29, 1.82) is 0 Å². The minimum Gasteiger partial charge on any atom is -0.386 e. The van der Waals surface area contributed by atoms with Gasteiger partial charge in [0.2, 0.25) is 0 Å². The van der Waals surface area contributed by atoms with Gasteiger partial charge in [0.05, 0.1) is 15.7 Å². The van der Waals surface area contributed by atoms with E-state index in [9.17, 15) is 5.11 Å². The van der Waals surface area contributed by atoms with Gasteiger partial charge >= 0.3 is 0 Å². The zero-order chi connectivity index (χ0) is 13.1. The number of aliphatic hydroxyl groups is 1. The molecular formula is C13H17ClN2OS. The second-order valence-electron chi connectivity index (χ2n) is 4.16. The molecule has 1 N–H and O–H groups in total. The van der Waals surface area contributed by atoms with Crippen LogP contribution < -0.4 is 0 Å². The van der Waals surface area contributed by atoms with E-state index in [-0.39, 0.29) is 0 Å². The van der Waals surface area contributed by atoms with Gasteiger partial charge in [-0.25, -0.2) is 0 Å². The summed E-state index contributed by atoms with van der Waals surface area (Å²) in [7, 11) is 0. The van der Waals surface area contributed by atoms with E-state index < -0.39 is 6.10 Å². The molecule has 0 saturated heterocycles. The van der Waals surface area contributed by atoms with E-state index in [1.807, 2.05) is 29.8 Å². The Labute approximate surface area is 116 Å². The first-order valence-electron chi connectivity index (χ1n) is 6.13. The molecule has 0 bridgehead atoms. The van der Waals surface area contributed by atoms with E-state index in [4.69, 9.17) is 11.6 Å². The van der Waals surface area contributed by atoms with Gasteiger partial charge in [-0.2, -0.15) is 5.10 Å². The summed E-state index contributed by atoms with van der Waals surface area (Å²) >= 11 is 7.41. The maximum atomic E-state index is 10.3. The molecule has 0 spiro atoms. The molecule has 98 valence electrons. The highest BCUT2D eigenvalue weighted by Gasteiger charge is 2.16. The Morgan fingerprint density at radius 2 is 2.22 bits per heavy atom. The fourth-order valence-electron chi connectivity index (χ4n) is 1.94. The van der Waals surface area contributed by atoms with Crippen molar-refractivity contribution in [3.05, 3.63) is 38.8 Å². The third-order valence-corrected chi connectivity index (χ3v) is 4.14. The van der Waals surface area contributed by atoms with Crippen LogP contribution in [0.5, 0.6) is 0 Å². The molecule has 2 rings (SSSR count). The maximum absolute atomic E-state index is 10.3. The summed E-state index contributed by atoms with van der Waals surface area (Å²) in [6.07, 6.45) is 0.955. The summed E-state index contributed by atoms with van der Waals surface area (Å²) in [6, 6.07) is 5.82. The first-order chi connectivity index (χ1) is 8.63. The first kappa shape index (κ1) is 13.6. The van der Waals surface area contributed by atoms with Crippen LogP contribution in [0.15, 0.2) is 18.2 Å². The van der Waals surface area contributed by atoms with Crippen molar-refractivity contribution in [1.82, 2.24) is 9.78 Å². The minimum atomic E-state index is -0.521. The number of thiophene rings is 1. The van der Waals surface area contributed by atoms with Crippen LogP contribution in [0.2, 0.25) is 4.34 Å². The quantitative estimate of drug-likeness (QED) is 0.913. The summed E-state index contributed by atoms with van der Waals surface area (Å²) in [5.74, 6) is 0. The largest absolute Gasteiger partial charge is 0.386 e. The number of rotatable bonds is 5. The van der Waals surface area contributed by atoms with Crippen molar-refractivity contribution in [2.75, 3.05) is 0 Å². The average Bonchev–Trinajstić information content (AvgIpc) is 2.95. The SMILES string of the molecule is CCc1cc(C(O)Cc2ccc(Cl)s2)n(CC)n1. The van der Waals surface area contributed by atoms with E-state index in [1.54, 1.807) is 0 Å². The minimum absolute atomic E-state index is 0.521. The summed E-state index contributed by atoms with van der Waals surface area (Å²) in [4.78, 5) is 1.09. The van der Waals surface area contributed by atoms with Crippen molar-refractivity contribution in [2.45, 2.75) is 39.3 Å². The third kappa shape index (κ3) is 2.94.